The van der Waals surface area contributed by atoms with E-state index >= 15 is 0 Å². The first-order valence-electron chi connectivity index (χ1n) is 10.2. The van der Waals surface area contributed by atoms with E-state index in [0.717, 1.165) is 42.9 Å². The average molecular weight is 335 g/mol. The van der Waals surface area contributed by atoms with Crippen LogP contribution < -0.4 is 0 Å². The first-order chi connectivity index (χ1) is 11.3. The minimum atomic E-state index is -0.620. The fraction of sp³-hybridized carbons (Fsp3) is 0.952. The van der Waals surface area contributed by atoms with Crippen molar-refractivity contribution in [2.75, 3.05) is 0 Å². The lowest BCUT2D eigenvalue weighted by Crippen LogP contribution is -2.54. The zero-order valence-corrected chi connectivity index (χ0v) is 15.3. The van der Waals surface area contributed by atoms with Gasteiger partial charge in [0.2, 0.25) is 0 Å². The first kappa shape index (κ1) is 16.9. The van der Waals surface area contributed by atoms with Crippen molar-refractivity contribution in [1.29, 1.82) is 0 Å². The summed E-state index contributed by atoms with van der Waals surface area (Å²) in [5.74, 6) is 2.85. The van der Waals surface area contributed by atoms with Gasteiger partial charge >= 0.3 is 5.97 Å². The summed E-state index contributed by atoms with van der Waals surface area (Å²) < 4.78 is 0. The zero-order chi connectivity index (χ0) is 17.1. The topological polar surface area (TPSA) is 57.5 Å². The lowest BCUT2D eigenvalue weighted by atomic mass is 9.44. The smallest absolute Gasteiger partial charge is 0.303 e. The number of carboxylic acid groups (broad SMARTS) is 1. The molecule has 4 saturated carbocycles. The highest BCUT2D eigenvalue weighted by molar-refractivity contribution is 5.67. The van der Waals surface area contributed by atoms with Crippen LogP contribution in [-0.4, -0.2) is 22.3 Å². The Hall–Kier alpha value is -0.570. The molecule has 0 heterocycles. The lowest BCUT2D eigenvalue weighted by Gasteiger charge is -2.61. The second-order valence-electron chi connectivity index (χ2n) is 10.0. The van der Waals surface area contributed by atoms with Crippen LogP contribution in [0.15, 0.2) is 0 Å². The van der Waals surface area contributed by atoms with E-state index in [1.165, 1.54) is 38.5 Å². The van der Waals surface area contributed by atoms with Gasteiger partial charge in [-0.2, -0.15) is 0 Å². The third-order valence-electron chi connectivity index (χ3n) is 9.19. The summed E-state index contributed by atoms with van der Waals surface area (Å²) in [5, 5.41) is 19.7. The van der Waals surface area contributed by atoms with Crippen molar-refractivity contribution >= 4 is 5.97 Å². The molecule has 4 aliphatic carbocycles. The van der Waals surface area contributed by atoms with Gasteiger partial charge in [-0.05, 0) is 98.2 Å². The van der Waals surface area contributed by atoms with Crippen LogP contribution >= 0.6 is 0 Å². The van der Waals surface area contributed by atoms with Gasteiger partial charge in [0.1, 0.15) is 0 Å². The quantitative estimate of drug-likeness (QED) is 0.783. The third kappa shape index (κ3) is 2.37. The maximum Gasteiger partial charge on any atom is 0.303 e. The molecule has 2 N–H and O–H groups in total. The third-order valence-corrected chi connectivity index (χ3v) is 9.19. The van der Waals surface area contributed by atoms with Gasteiger partial charge < -0.3 is 10.2 Å². The fourth-order valence-electron chi connectivity index (χ4n) is 7.75. The number of carbonyl (C=O) groups is 1. The Morgan fingerprint density at radius 3 is 2.42 bits per heavy atom. The standard InChI is InChI=1S/C21H34O3/c1-20-9-7-13(12-19(23)24)11-14(20)3-4-15-16-5-6-18(22)21(16,2)10-8-17(15)20/h13-18,22H,3-12H2,1-2H3,(H,23,24)/t13-,14+,15-,16-,17-,18+,20+,21+/m1/s1. The minimum Gasteiger partial charge on any atom is -0.481 e. The Morgan fingerprint density at radius 1 is 0.958 bits per heavy atom. The highest BCUT2D eigenvalue weighted by Crippen LogP contribution is 2.66. The molecule has 0 aliphatic heterocycles. The summed E-state index contributed by atoms with van der Waals surface area (Å²) in [4.78, 5) is 11.1. The van der Waals surface area contributed by atoms with Gasteiger partial charge in [0.25, 0.3) is 0 Å². The number of fused-ring (bicyclic) bond motifs is 5. The summed E-state index contributed by atoms with van der Waals surface area (Å²) in [6, 6.07) is 0. The van der Waals surface area contributed by atoms with Gasteiger partial charge in [-0.3, -0.25) is 4.79 Å². The van der Waals surface area contributed by atoms with Crippen LogP contribution in [-0.2, 0) is 4.79 Å². The van der Waals surface area contributed by atoms with Crippen molar-refractivity contribution in [3.8, 4) is 0 Å². The molecule has 4 aliphatic rings. The monoisotopic (exact) mass is 334 g/mol. The van der Waals surface area contributed by atoms with E-state index < -0.39 is 5.97 Å². The summed E-state index contributed by atoms with van der Waals surface area (Å²) >= 11 is 0. The first-order valence-corrected chi connectivity index (χ1v) is 10.2. The van der Waals surface area contributed by atoms with Crippen LogP contribution in [0.4, 0.5) is 0 Å². The number of aliphatic hydroxyl groups is 1. The van der Waals surface area contributed by atoms with Gasteiger partial charge in [-0.15, -0.1) is 0 Å². The summed E-state index contributed by atoms with van der Waals surface area (Å²) in [6.07, 6.45) is 11.1. The molecule has 4 fully saturated rings. The van der Waals surface area contributed by atoms with E-state index in [9.17, 15) is 9.90 Å². The molecule has 0 aromatic rings. The molecule has 0 aromatic carbocycles. The molecule has 136 valence electrons. The van der Waals surface area contributed by atoms with Crippen LogP contribution in [0.1, 0.15) is 78.1 Å². The molecule has 0 bridgehead atoms. The Balaban J connectivity index is 1.53. The predicted octanol–water partition coefficient (Wildman–Crippen LogP) is 4.48. The van der Waals surface area contributed by atoms with Gasteiger partial charge in [0.15, 0.2) is 0 Å². The van der Waals surface area contributed by atoms with Crippen LogP contribution in [0, 0.1) is 40.4 Å². The normalized spacial score (nSPS) is 53.8. The summed E-state index contributed by atoms with van der Waals surface area (Å²) in [5.41, 5.74) is 0.595. The molecule has 0 saturated heterocycles. The molecule has 0 unspecified atom stereocenters. The minimum absolute atomic E-state index is 0.0831. The number of carboxylic acids is 1. The molecule has 0 amide bonds. The van der Waals surface area contributed by atoms with Crippen molar-refractivity contribution in [3.63, 3.8) is 0 Å². The number of aliphatic carboxylic acids is 1. The number of rotatable bonds is 2. The average Bonchev–Trinajstić information content (AvgIpc) is 2.83. The van der Waals surface area contributed by atoms with Crippen LogP contribution in [0.3, 0.4) is 0 Å². The van der Waals surface area contributed by atoms with E-state index in [1.807, 2.05) is 0 Å². The second kappa shape index (κ2) is 5.72. The molecular formula is C21H34O3. The SMILES string of the molecule is C[C@]12CC[C@@H](CC(=O)O)C[C@@H]1CC[C@H]1[C@H]2CC[C@@]2(C)[C@@H]1CC[C@@H]2O. The zero-order valence-electron chi connectivity index (χ0n) is 15.3. The highest BCUT2D eigenvalue weighted by Gasteiger charge is 2.59. The molecule has 24 heavy (non-hydrogen) atoms. The van der Waals surface area contributed by atoms with E-state index in [0.29, 0.717) is 17.8 Å². The van der Waals surface area contributed by atoms with Gasteiger partial charge in [-0.25, -0.2) is 0 Å². The second-order valence-corrected chi connectivity index (χ2v) is 10.0. The lowest BCUT2D eigenvalue weighted by molar-refractivity contribution is -0.142. The maximum atomic E-state index is 11.1. The molecule has 3 nitrogen and oxygen atoms in total. The molecule has 3 heteroatoms. The molecule has 4 rings (SSSR count). The van der Waals surface area contributed by atoms with E-state index in [1.54, 1.807) is 0 Å². The maximum absolute atomic E-state index is 11.1. The Labute approximate surface area is 146 Å². The summed E-state index contributed by atoms with van der Waals surface area (Å²) in [6.45, 7) is 4.88. The molecule has 8 atom stereocenters. The molecular weight excluding hydrogens is 300 g/mol. The predicted molar refractivity (Wildman–Crippen MR) is 93.5 cm³/mol. The largest absolute Gasteiger partial charge is 0.481 e. The van der Waals surface area contributed by atoms with Crippen molar-refractivity contribution in [3.05, 3.63) is 0 Å². The Morgan fingerprint density at radius 2 is 1.67 bits per heavy atom. The van der Waals surface area contributed by atoms with E-state index in [-0.39, 0.29) is 11.5 Å². The van der Waals surface area contributed by atoms with E-state index in [4.69, 9.17) is 5.11 Å². The summed E-state index contributed by atoms with van der Waals surface area (Å²) in [7, 11) is 0. The van der Waals surface area contributed by atoms with Crippen molar-refractivity contribution < 1.29 is 15.0 Å². The number of hydrogen-bond acceptors (Lipinski definition) is 2. The van der Waals surface area contributed by atoms with Crippen LogP contribution in [0.2, 0.25) is 0 Å². The van der Waals surface area contributed by atoms with Crippen LogP contribution in [0.25, 0.3) is 0 Å². The van der Waals surface area contributed by atoms with Gasteiger partial charge in [-0.1, -0.05) is 13.8 Å². The molecule has 0 radical (unpaired) electrons. The Kier molecular flexibility index (Phi) is 4.02. The van der Waals surface area contributed by atoms with Gasteiger partial charge in [0, 0.05) is 6.42 Å². The fourth-order valence-corrected chi connectivity index (χ4v) is 7.75. The van der Waals surface area contributed by atoms with E-state index in [2.05, 4.69) is 13.8 Å². The number of hydrogen-bond donors (Lipinski definition) is 2. The van der Waals surface area contributed by atoms with Gasteiger partial charge in [0.05, 0.1) is 6.10 Å². The highest BCUT2D eigenvalue weighted by atomic mass is 16.4. The van der Waals surface area contributed by atoms with Crippen molar-refractivity contribution in [2.45, 2.75) is 84.2 Å². The molecule has 0 spiro atoms. The van der Waals surface area contributed by atoms with Crippen molar-refractivity contribution in [1.82, 2.24) is 0 Å². The van der Waals surface area contributed by atoms with Crippen molar-refractivity contribution in [2.24, 2.45) is 40.4 Å². The van der Waals surface area contributed by atoms with Crippen LogP contribution in [0.5, 0.6) is 0 Å². The molecule has 0 aromatic heterocycles. The number of aliphatic hydroxyl groups excluding tert-OH is 1. The Bertz CT molecular complexity index is 517.